The number of rotatable bonds is 3. The number of hydrogen-bond donors (Lipinski definition) is 0. The van der Waals surface area contributed by atoms with E-state index in [-0.39, 0.29) is 24.5 Å². The van der Waals surface area contributed by atoms with Crippen LogP contribution in [0.25, 0.3) is 0 Å². The topological polar surface area (TPSA) is 49.9 Å². The lowest BCUT2D eigenvalue weighted by molar-refractivity contribution is 0.0590. The van der Waals surface area contributed by atoms with Gasteiger partial charge in [0.15, 0.2) is 0 Å². The maximum Gasteiger partial charge on any atom is 0.257 e. The SMILES string of the molecule is CN1CCCCN(C(=O)c2cccc(F)c2)[C@H](Cc2ccccc2)COc2ccc(Cl)cc2C1=O. The second-order valence-electron chi connectivity index (χ2n) is 8.74. The Morgan fingerprint density at radius 1 is 1.03 bits per heavy atom. The predicted octanol–water partition coefficient (Wildman–Crippen LogP) is 5.48. The molecule has 35 heavy (non-hydrogen) atoms. The molecule has 0 fully saturated rings. The Balaban J connectivity index is 1.71. The molecule has 0 saturated carbocycles. The van der Waals surface area contributed by atoms with E-state index in [0.29, 0.717) is 54.3 Å². The Morgan fingerprint density at radius 3 is 2.57 bits per heavy atom. The molecule has 182 valence electrons. The zero-order chi connectivity index (χ0) is 24.8. The molecule has 0 saturated heterocycles. The van der Waals surface area contributed by atoms with Gasteiger partial charge in [0.2, 0.25) is 0 Å². The van der Waals surface area contributed by atoms with Crippen LogP contribution in [0.2, 0.25) is 5.02 Å². The van der Waals surface area contributed by atoms with Crippen LogP contribution >= 0.6 is 11.6 Å². The lowest BCUT2D eigenvalue weighted by Crippen LogP contribution is -2.46. The first-order valence-corrected chi connectivity index (χ1v) is 12.1. The molecule has 1 heterocycles. The Labute approximate surface area is 210 Å². The number of nitrogens with zero attached hydrogens (tertiary/aromatic N) is 2. The number of carbonyl (C=O) groups excluding carboxylic acids is 2. The molecular weight excluding hydrogens is 467 g/mol. The summed E-state index contributed by atoms with van der Waals surface area (Å²) >= 11 is 6.19. The van der Waals surface area contributed by atoms with Gasteiger partial charge in [-0.2, -0.15) is 0 Å². The molecular formula is C28H28ClFN2O3. The minimum atomic E-state index is -0.452. The van der Waals surface area contributed by atoms with Gasteiger partial charge in [-0.25, -0.2) is 4.39 Å². The summed E-state index contributed by atoms with van der Waals surface area (Å²) in [5.41, 5.74) is 1.74. The van der Waals surface area contributed by atoms with Gasteiger partial charge in [-0.05, 0) is 61.2 Å². The van der Waals surface area contributed by atoms with Crippen molar-refractivity contribution in [3.8, 4) is 5.75 Å². The molecule has 0 aromatic heterocycles. The second-order valence-corrected chi connectivity index (χ2v) is 9.17. The van der Waals surface area contributed by atoms with Crippen LogP contribution in [0.1, 0.15) is 39.1 Å². The van der Waals surface area contributed by atoms with Crippen molar-refractivity contribution >= 4 is 23.4 Å². The fraction of sp³-hybridized carbons (Fsp3) is 0.286. The molecule has 3 aromatic rings. The standard InChI is InChI=1S/C28H28ClFN2O3/c1-31-14-5-6-15-32(27(33)21-10-7-11-23(30)17-21)24(16-20-8-3-2-4-9-20)19-35-26-13-12-22(29)18-25(26)28(31)34/h2-4,7-13,17-18,24H,5-6,14-16,19H2,1H3/t24-/m1/s1. The minimum absolute atomic E-state index is 0.157. The van der Waals surface area contributed by atoms with Crippen LogP contribution in [-0.4, -0.2) is 54.4 Å². The van der Waals surface area contributed by atoms with Crippen molar-refractivity contribution in [3.05, 3.63) is 100 Å². The van der Waals surface area contributed by atoms with E-state index in [9.17, 15) is 14.0 Å². The average Bonchev–Trinajstić information content (AvgIpc) is 2.86. The van der Waals surface area contributed by atoms with Crippen molar-refractivity contribution in [2.24, 2.45) is 0 Å². The highest BCUT2D eigenvalue weighted by Crippen LogP contribution is 2.26. The van der Waals surface area contributed by atoms with Crippen molar-refractivity contribution in [3.63, 3.8) is 0 Å². The fourth-order valence-electron chi connectivity index (χ4n) is 4.30. The number of amides is 2. The molecule has 2 amide bonds. The Hall–Kier alpha value is -3.38. The van der Waals surface area contributed by atoms with E-state index >= 15 is 0 Å². The number of ether oxygens (including phenoxy) is 1. The van der Waals surface area contributed by atoms with Gasteiger partial charge in [0.05, 0.1) is 11.6 Å². The number of benzene rings is 3. The molecule has 3 aromatic carbocycles. The van der Waals surface area contributed by atoms with E-state index < -0.39 is 5.82 Å². The van der Waals surface area contributed by atoms with Crippen molar-refractivity contribution < 1.29 is 18.7 Å². The molecule has 0 aliphatic carbocycles. The molecule has 0 unspecified atom stereocenters. The van der Waals surface area contributed by atoms with Crippen molar-refractivity contribution in [1.29, 1.82) is 0 Å². The number of carbonyl (C=O) groups is 2. The maximum atomic E-state index is 13.9. The summed E-state index contributed by atoms with van der Waals surface area (Å²) in [7, 11) is 1.74. The quantitative estimate of drug-likeness (QED) is 0.484. The third kappa shape index (κ3) is 6.20. The van der Waals surface area contributed by atoms with E-state index in [2.05, 4.69) is 0 Å². The number of fused-ring (bicyclic) bond motifs is 1. The summed E-state index contributed by atoms with van der Waals surface area (Å²) in [6.45, 7) is 1.16. The van der Waals surface area contributed by atoms with Gasteiger partial charge in [-0.15, -0.1) is 0 Å². The molecule has 0 radical (unpaired) electrons. The van der Waals surface area contributed by atoms with Crippen molar-refractivity contribution in [2.75, 3.05) is 26.7 Å². The van der Waals surface area contributed by atoms with E-state index in [1.807, 2.05) is 30.3 Å². The van der Waals surface area contributed by atoms with Gasteiger partial charge in [-0.3, -0.25) is 9.59 Å². The molecule has 5 nitrogen and oxygen atoms in total. The van der Waals surface area contributed by atoms with Gasteiger partial charge in [0.25, 0.3) is 11.8 Å². The van der Waals surface area contributed by atoms with Crippen LogP contribution in [0.4, 0.5) is 4.39 Å². The average molecular weight is 495 g/mol. The third-order valence-corrected chi connectivity index (χ3v) is 6.41. The van der Waals surface area contributed by atoms with Crippen LogP contribution < -0.4 is 4.74 Å². The second kappa shape index (κ2) is 11.4. The van der Waals surface area contributed by atoms with E-state index in [1.54, 1.807) is 47.2 Å². The summed E-state index contributed by atoms with van der Waals surface area (Å²) in [4.78, 5) is 30.1. The van der Waals surface area contributed by atoms with Crippen molar-refractivity contribution in [1.82, 2.24) is 9.80 Å². The van der Waals surface area contributed by atoms with E-state index in [4.69, 9.17) is 16.3 Å². The molecule has 0 N–H and O–H groups in total. The highest BCUT2D eigenvalue weighted by atomic mass is 35.5. The zero-order valence-electron chi connectivity index (χ0n) is 19.6. The van der Waals surface area contributed by atoms with Gasteiger partial charge in [0.1, 0.15) is 18.2 Å². The normalized spacial score (nSPS) is 17.1. The Bertz CT molecular complexity index is 1190. The number of halogens is 2. The van der Waals surface area contributed by atoms with Crippen LogP contribution in [-0.2, 0) is 6.42 Å². The number of hydrogen-bond acceptors (Lipinski definition) is 3. The smallest absolute Gasteiger partial charge is 0.257 e. The Morgan fingerprint density at radius 2 is 1.80 bits per heavy atom. The lowest BCUT2D eigenvalue weighted by atomic mass is 10.0. The van der Waals surface area contributed by atoms with E-state index in [1.165, 1.54) is 12.1 Å². The van der Waals surface area contributed by atoms with Crippen molar-refractivity contribution in [2.45, 2.75) is 25.3 Å². The molecule has 0 bridgehead atoms. The molecule has 1 aliphatic heterocycles. The fourth-order valence-corrected chi connectivity index (χ4v) is 4.47. The molecule has 0 spiro atoms. The highest BCUT2D eigenvalue weighted by Gasteiger charge is 2.28. The summed E-state index contributed by atoms with van der Waals surface area (Å²) in [5, 5.41) is 0.449. The van der Waals surface area contributed by atoms with Crippen LogP contribution in [0, 0.1) is 5.82 Å². The zero-order valence-corrected chi connectivity index (χ0v) is 20.4. The monoisotopic (exact) mass is 494 g/mol. The molecule has 7 heteroatoms. The first kappa shape index (κ1) is 24.7. The first-order chi connectivity index (χ1) is 16.9. The summed E-state index contributed by atoms with van der Waals surface area (Å²) in [6, 6.07) is 20.3. The first-order valence-electron chi connectivity index (χ1n) is 11.7. The van der Waals surface area contributed by atoms with Gasteiger partial charge < -0.3 is 14.5 Å². The third-order valence-electron chi connectivity index (χ3n) is 6.18. The highest BCUT2D eigenvalue weighted by molar-refractivity contribution is 6.31. The molecule has 4 rings (SSSR count). The van der Waals surface area contributed by atoms with Gasteiger partial charge in [0, 0.05) is 30.7 Å². The van der Waals surface area contributed by atoms with E-state index in [0.717, 1.165) is 5.56 Å². The Kier molecular flexibility index (Phi) is 8.03. The largest absolute Gasteiger partial charge is 0.491 e. The molecule has 1 atom stereocenters. The van der Waals surface area contributed by atoms with Gasteiger partial charge in [-0.1, -0.05) is 48.0 Å². The maximum absolute atomic E-state index is 13.9. The summed E-state index contributed by atoms with van der Waals surface area (Å²) in [5.74, 6) is -0.433. The summed E-state index contributed by atoms with van der Waals surface area (Å²) < 4.78 is 20.1. The predicted molar refractivity (Wildman–Crippen MR) is 135 cm³/mol. The van der Waals surface area contributed by atoms with Crippen LogP contribution in [0.3, 0.4) is 0 Å². The summed E-state index contributed by atoms with van der Waals surface area (Å²) in [6.07, 6.45) is 1.95. The lowest BCUT2D eigenvalue weighted by Gasteiger charge is -2.33. The molecule has 1 aliphatic rings. The van der Waals surface area contributed by atoms with Crippen LogP contribution in [0.15, 0.2) is 72.8 Å². The van der Waals surface area contributed by atoms with Crippen LogP contribution in [0.5, 0.6) is 5.75 Å². The minimum Gasteiger partial charge on any atom is -0.491 e. The van der Waals surface area contributed by atoms with Gasteiger partial charge >= 0.3 is 0 Å².